The predicted molar refractivity (Wildman–Crippen MR) is 113 cm³/mol. The van der Waals surface area contributed by atoms with Crippen LogP contribution in [-0.2, 0) is 4.79 Å². The van der Waals surface area contributed by atoms with Gasteiger partial charge < -0.3 is 5.32 Å². The number of hydrogen-bond donors (Lipinski definition) is 1. The fraction of sp³-hybridized carbons (Fsp3) is 0.318. The van der Waals surface area contributed by atoms with Crippen LogP contribution in [0.3, 0.4) is 0 Å². The zero-order valence-corrected chi connectivity index (χ0v) is 16.7. The van der Waals surface area contributed by atoms with Crippen molar-refractivity contribution in [2.75, 3.05) is 18.4 Å². The van der Waals surface area contributed by atoms with Crippen LogP contribution >= 0.6 is 11.3 Å². The quantitative estimate of drug-likeness (QED) is 0.640. The van der Waals surface area contributed by atoms with Gasteiger partial charge in [0.1, 0.15) is 5.01 Å². The summed E-state index contributed by atoms with van der Waals surface area (Å²) in [6.07, 6.45) is 3.29. The number of Topliss-reactive ketones (excluding diaryl/α,β-unsaturated/α-hetero) is 1. The zero-order chi connectivity index (χ0) is 19.5. The van der Waals surface area contributed by atoms with Crippen LogP contribution in [-0.4, -0.2) is 34.7 Å². The van der Waals surface area contributed by atoms with Gasteiger partial charge in [-0.15, -0.1) is 11.3 Å². The number of carbonyl (C=O) groups excluding carboxylic acids is 2. The lowest BCUT2D eigenvalue weighted by Gasteiger charge is -2.33. The summed E-state index contributed by atoms with van der Waals surface area (Å²) in [4.78, 5) is 31.0. The van der Waals surface area contributed by atoms with E-state index in [0.717, 1.165) is 36.3 Å². The molecule has 1 aliphatic rings. The van der Waals surface area contributed by atoms with E-state index in [1.807, 2.05) is 18.2 Å². The summed E-state index contributed by atoms with van der Waals surface area (Å²) in [5.41, 5.74) is 2.39. The maximum Gasteiger partial charge on any atom is 0.238 e. The van der Waals surface area contributed by atoms with Crippen LogP contribution in [0.1, 0.15) is 47.6 Å². The van der Waals surface area contributed by atoms with Crippen molar-refractivity contribution in [3.05, 3.63) is 59.1 Å². The van der Waals surface area contributed by atoms with Gasteiger partial charge in [0.2, 0.25) is 5.91 Å². The molecule has 2 aromatic carbocycles. The lowest BCUT2D eigenvalue weighted by molar-refractivity contribution is -0.118. The second-order valence-electron chi connectivity index (χ2n) is 7.18. The normalized spacial score (nSPS) is 17.5. The molecule has 0 radical (unpaired) electrons. The standard InChI is InChI=1S/C22H23N3O2S/c1-15(26)16-9-11-17(12-10-16)23-21(27)14-25-13-5-4-7-19(25)22-24-18-6-2-3-8-20(18)28-22/h2-3,6,8-12,19H,4-5,7,13-14H2,1H3,(H,23,27)/t19-/m0/s1. The molecule has 5 nitrogen and oxygen atoms in total. The molecule has 28 heavy (non-hydrogen) atoms. The van der Waals surface area contributed by atoms with Gasteiger partial charge in [0.05, 0.1) is 22.8 Å². The first-order chi connectivity index (χ1) is 13.6. The van der Waals surface area contributed by atoms with Crippen LogP contribution in [0, 0.1) is 0 Å². The molecule has 2 heterocycles. The third-order valence-corrected chi connectivity index (χ3v) is 6.27. The molecule has 1 amide bonds. The van der Waals surface area contributed by atoms with Crippen molar-refractivity contribution in [1.82, 2.24) is 9.88 Å². The van der Waals surface area contributed by atoms with Gasteiger partial charge in [-0.1, -0.05) is 18.6 Å². The SMILES string of the molecule is CC(=O)c1ccc(NC(=O)CN2CCCC[C@H]2c2nc3ccccc3s2)cc1. The molecule has 1 fully saturated rings. The van der Waals surface area contributed by atoms with Crippen molar-refractivity contribution >= 4 is 38.9 Å². The summed E-state index contributed by atoms with van der Waals surface area (Å²) in [6.45, 7) is 2.78. The van der Waals surface area contributed by atoms with Crippen molar-refractivity contribution in [3.8, 4) is 0 Å². The number of anilines is 1. The molecule has 0 saturated carbocycles. The number of carbonyl (C=O) groups is 2. The van der Waals surface area contributed by atoms with Crippen LogP contribution in [0.5, 0.6) is 0 Å². The number of ketones is 1. The highest BCUT2D eigenvalue weighted by Gasteiger charge is 2.28. The number of para-hydroxylation sites is 1. The minimum absolute atomic E-state index is 0.0184. The number of piperidine rings is 1. The van der Waals surface area contributed by atoms with Gasteiger partial charge in [-0.2, -0.15) is 0 Å². The Morgan fingerprint density at radius 2 is 1.93 bits per heavy atom. The summed E-state index contributed by atoms with van der Waals surface area (Å²) >= 11 is 1.73. The fourth-order valence-corrected chi connectivity index (χ4v) is 4.80. The number of benzene rings is 2. The zero-order valence-electron chi connectivity index (χ0n) is 15.9. The summed E-state index contributed by atoms with van der Waals surface area (Å²) in [7, 11) is 0. The van der Waals surface area contributed by atoms with E-state index < -0.39 is 0 Å². The van der Waals surface area contributed by atoms with E-state index in [0.29, 0.717) is 17.8 Å². The summed E-state index contributed by atoms with van der Waals surface area (Å²) in [5.74, 6) is -0.0199. The number of hydrogen-bond acceptors (Lipinski definition) is 5. The molecule has 0 unspecified atom stereocenters. The van der Waals surface area contributed by atoms with Gasteiger partial charge in [-0.25, -0.2) is 4.98 Å². The highest BCUT2D eigenvalue weighted by Crippen LogP contribution is 2.35. The molecular weight excluding hydrogens is 370 g/mol. The second kappa shape index (κ2) is 8.20. The molecule has 0 bridgehead atoms. The molecule has 3 aromatic rings. The van der Waals surface area contributed by atoms with Crippen molar-refractivity contribution < 1.29 is 9.59 Å². The highest BCUT2D eigenvalue weighted by atomic mass is 32.1. The van der Waals surface area contributed by atoms with Crippen LogP contribution in [0.4, 0.5) is 5.69 Å². The number of likely N-dealkylation sites (tertiary alicyclic amines) is 1. The smallest absolute Gasteiger partial charge is 0.238 e. The Morgan fingerprint density at radius 3 is 2.68 bits per heavy atom. The molecule has 4 rings (SSSR count). The topological polar surface area (TPSA) is 62.3 Å². The van der Waals surface area contributed by atoms with Crippen LogP contribution in [0.2, 0.25) is 0 Å². The van der Waals surface area contributed by atoms with Crippen molar-refractivity contribution in [3.63, 3.8) is 0 Å². The van der Waals surface area contributed by atoms with Gasteiger partial charge in [0.25, 0.3) is 0 Å². The molecule has 144 valence electrons. The molecule has 1 saturated heterocycles. The average molecular weight is 394 g/mol. The molecule has 1 atom stereocenters. The summed E-state index contributed by atoms with van der Waals surface area (Å²) in [5, 5.41) is 4.04. The fourth-order valence-electron chi connectivity index (χ4n) is 3.67. The predicted octanol–water partition coefficient (Wildman–Crippen LogP) is 4.66. The van der Waals surface area contributed by atoms with Gasteiger partial charge in [-0.3, -0.25) is 14.5 Å². The Bertz CT molecular complexity index is 963. The summed E-state index contributed by atoms with van der Waals surface area (Å²) < 4.78 is 1.19. The van der Waals surface area contributed by atoms with E-state index in [-0.39, 0.29) is 17.7 Å². The Labute approximate surface area is 168 Å². The Kier molecular flexibility index (Phi) is 5.50. The first-order valence-electron chi connectivity index (χ1n) is 9.60. The van der Waals surface area contributed by atoms with Gasteiger partial charge in [-0.05, 0) is 62.7 Å². The lowest BCUT2D eigenvalue weighted by atomic mass is 10.0. The largest absolute Gasteiger partial charge is 0.325 e. The number of nitrogens with one attached hydrogen (secondary N) is 1. The van der Waals surface area contributed by atoms with E-state index >= 15 is 0 Å². The monoisotopic (exact) mass is 393 g/mol. The number of rotatable bonds is 5. The van der Waals surface area contributed by atoms with E-state index in [1.165, 1.54) is 11.6 Å². The minimum Gasteiger partial charge on any atom is -0.325 e. The van der Waals surface area contributed by atoms with Gasteiger partial charge in [0.15, 0.2) is 5.78 Å². The highest BCUT2D eigenvalue weighted by molar-refractivity contribution is 7.18. The van der Waals surface area contributed by atoms with Crippen LogP contribution in [0.25, 0.3) is 10.2 Å². The number of thiazole rings is 1. The molecule has 0 aliphatic carbocycles. The average Bonchev–Trinajstić information content (AvgIpc) is 3.12. The van der Waals surface area contributed by atoms with Crippen LogP contribution in [0.15, 0.2) is 48.5 Å². The minimum atomic E-state index is -0.0383. The first kappa shape index (κ1) is 18.8. The van der Waals surface area contributed by atoms with E-state index in [9.17, 15) is 9.59 Å². The molecule has 1 aliphatic heterocycles. The number of amides is 1. The van der Waals surface area contributed by atoms with Crippen molar-refractivity contribution in [2.45, 2.75) is 32.2 Å². The number of aromatic nitrogens is 1. The van der Waals surface area contributed by atoms with E-state index in [2.05, 4.69) is 16.3 Å². The number of fused-ring (bicyclic) bond motifs is 1. The maximum absolute atomic E-state index is 12.6. The maximum atomic E-state index is 12.6. The molecule has 1 N–H and O–H groups in total. The van der Waals surface area contributed by atoms with E-state index in [4.69, 9.17) is 4.98 Å². The summed E-state index contributed by atoms with van der Waals surface area (Å²) in [6, 6.07) is 15.4. The molecule has 0 spiro atoms. The third-order valence-electron chi connectivity index (χ3n) is 5.13. The Balaban J connectivity index is 1.45. The van der Waals surface area contributed by atoms with Crippen molar-refractivity contribution in [1.29, 1.82) is 0 Å². The van der Waals surface area contributed by atoms with E-state index in [1.54, 1.807) is 35.6 Å². The van der Waals surface area contributed by atoms with Gasteiger partial charge >= 0.3 is 0 Å². The molecule has 6 heteroatoms. The van der Waals surface area contributed by atoms with Crippen LogP contribution < -0.4 is 5.32 Å². The Hall–Kier alpha value is -2.57. The third kappa shape index (κ3) is 4.13. The van der Waals surface area contributed by atoms with Crippen molar-refractivity contribution in [2.24, 2.45) is 0 Å². The molecule has 1 aromatic heterocycles. The van der Waals surface area contributed by atoms with Gasteiger partial charge in [0, 0.05) is 11.3 Å². The Morgan fingerprint density at radius 1 is 1.14 bits per heavy atom. The molecular formula is C22H23N3O2S. The second-order valence-corrected chi connectivity index (χ2v) is 8.25. The first-order valence-corrected chi connectivity index (χ1v) is 10.4. The number of nitrogens with zero attached hydrogens (tertiary/aromatic N) is 2. The lowest BCUT2D eigenvalue weighted by Crippen LogP contribution is -2.39.